The van der Waals surface area contributed by atoms with Crippen molar-refractivity contribution in [1.29, 1.82) is 0 Å². The predicted molar refractivity (Wildman–Crippen MR) is 126 cm³/mol. The minimum Gasteiger partial charge on any atom is -0.350 e. The largest absolute Gasteiger partial charge is 0.350 e. The Labute approximate surface area is 183 Å². The van der Waals surface area contributed by atoms with E-state index in [1.807, 2.05) is 95.3 Å². The van der Waals surface area contributed by atoms with E-state index in [4.69, 9.17) is 0 Å². The summed E-state index contributed by atoms with van der Waals surface area (Å²) in [6.45, 7) is 10.1. The summed E-state index contributed by atoms with van der Waals surface area (Å²) in [7, 11) is 0. The number of hydrogen-bond donors (Lipinski definition) is 1. The lowest BCUT2D eigenvalue weighted by atomic mass is 10.0. The van der Waals surface area contributed by atoms with Crippen LogP contribution in [0.2, 0.25) is 0 Å². The quantitative estimate of drug-likeness (QED) is 0.568. The molecule has 0 bridgehead atoms. The number of carbonyl (C=O) groups is 2. The number of amides is 2. The van der Waals surface area contributed by atoms with Crippen LogP contribution in [-0.4, -0.2) is 11.8 Å². The van der Waals surface area contributed by atoms with Crippen LogP contribution < -0.4 is 10.2 Å². The molecular formula is C27H26N2O2. The zero-order chi connectivity index (χ0) is 22.3. The monoisotopic (exact) mass is 410 g/mol. The first-order chi connectivity index (χ1) is 14.8. The van der Waals surface area contributed by atoms with Crippen LogP contribution in [-0.2, 0) is 9.59 Å². The highest BCUT2D eigenvalue weighted by Crippen LogP contribution is 2.34. The van der Waals surface area contributed by atoms with Gasteiger partial charge in [-0.15, -0.1) is 0 Å². The van der Waals surface area contributed by atoms with Crippen LogP contribution in [0.15, 0.2) is 66.4 Å². The van der Waals surface area contributed by atoms with Gasteiger partial charge in [0.25, 0.3) is 11.8 Å². The molecule has 0 radical (unpaired) electrons. The number of imide groups is 1. The molecule has 0 aromatic heterocycles. The summed E-state index contributed by atoms with van der Waals surface area (Å²) in [6, 6.07) is 19.3. The molecule has 4 heteroatoms. The standard InChI is InChI=1S/C27H26N2O2/c1-16-6-10-21(11-7-16)24-25(28-22-12-8-17(2)19(4)14-22)27(31)29(26(24)30)23-13-9-18(3)20(5)15-23/h6-15,28H,1-5H3. The summed E-state index contributed by atoms with van der Waals surface area (Å²) in [5, 5.41) is 3.25. The van der Waals surface area contributed by atoms with Crippen molar-refractivity contribution in [2.45, 2.75) is 34.6 Å². The maximum absolute atomic E-state index is 13.5. The maximum atomic E-state index is 13.5. The van der Waals surface area contributed by atoms with Gasteiger partial charge in [-0.3, -0.25) is 9.59 Å². The highest BCUT2D eigenvalue weighted by Gasteiger charge is 2.40. The van der Waals surface area contributed by atoms with Gasteiger partial charge in [-0.25, -0.2) is 4.90 Å². The third-order valence-corrected chi connectivity index (χ3v) is 5.95. The maximum Gasteiger partial charge on any atom is 0.282 e. The molecule has 0 unspecified atom stereocenters. The van der Waals surface area contributed by atoms with Gasteiger partial charge in [0, 0.05) is 5.69 Å². The zero-order valence-electron chi connectivity index (χ0n) is 18.5. The molecule has 31 heavy (non-hydrogen) atoms. The fraction of sp³-hybridized carbons (Fsp3) is 0.185. The minimum atomic E-state index is -0.345. The average molecular weight is 411 g/mol. The van der Waals surface area contributed by atoms with Gasteiger partial charge in [-0.2, -0.15) is 0 Å². The molecule has 1 N–H and O–H groups in total. The van der Waals surface area contributed by atoms with E-state index in [1.54, 1.807) is 0 Å². The summed E-state index contributed by atoms with van der Waals surface area (Å²) < 4.78 is 0. The third-order valence-electron chi connectivity index (χ3n) is 5.95. The van der Waals surface area contributed by atoms with Crippen LogP contribution in [0, 0.1) is 34.6 Å². The Morgan fingerprint density at radius 2 is 1.26 bits per heavy atom. The van der Waals surface area contributed by atoms with E-state index in [2.05, 4.69) is 5.32 Å². The lowest BCUT2D eigenvalue weighted by Crippen LogP contribution is -2.32. The number of nitrogens with zero attached hydrogens (tertiary/aromatic N) is 1. The van der Waals surface area contributed by atoms with Gasteiger partial charge < -0.3 is 5.32 Å². The van der Waals surface area contributed by atoms with Crippen LogP contribution in [0.1, 0.15) is 33.4 Å². The molecule has 1 heterocycles. The van der Waals surface area contributed by atoms with Crippen LogP contribution in [0.3, 0.4) is 0 Å². The Bertz CT molecular complexity index is 1240. The van der Waals surface area contributed by atoms with Gasteiger partial charge in [0.15, 0.2) is 0 Å². The lowest BCUT2D eigenvalue weighted by molar-refractivity contribution is -0.120. The van der Waals surface area contributed by atoms with E-state index in [9.17, 15) is 9.59 Å². The van der Waals surface area contributed by atoms with E-state index < -0.39 is 0 Å². The van der Waals surface area contributed by atoms with Crippen molar-refractivity contribution in [3.8, 4) is 0 Å². The molecule has 156 valence electrons. The van der Waals surface area contributed by atoms with Crippen LogP contribution in [0.25, 0.3) is 5.57 Å². The smallest absolute Gasteiger partial charge is 0.282 e. The second kappa shape index (κ2) is 7.88. The van der Waals surface area contributed by atoms with Gasteiger partial charge in [0.2, 0.25) is 0 Å². The van der Waals surface area contributed by atoms with Crippen LogP contribution >= 0.6 is 0 Å². The molecular weight excluding hydrogens is 384 g/mol. The van der Waals surface area contributed by atoms with Gasteiger partial charge >= 0.3 is 0 Å². The summed E-state index contributed by atoms with van der Waals surface area (Å²) in [4.78, 5) is 28.3. The van der Waals surface area contributed by atoms with Crippen LogP contribution in [0.4, 0.5) is 11.4 Å². The van der Waals surface area contributed by atoms with Crippen molar-refractivity contribution >= 4 is 28.8 Å². The molecule has 2 amide bonds. The number of rotatable bonds is 4. The first-order valence-corrected chi connectivity index (χ1v) is 10.4. The zero-order valence-corrected chi connectivity index (χ0v) is 18.5. The number of aryl methyl sites for hydroxylation is 5. The summed E-state index contributed by atoms with van der Waals surface area (Å²) >= 11 is 0. The van der Waals surface area contributed by atoms with Gasteiger partial charge in [0.1, 0.15) is 5.70 Å². The molecule has 1 aliphatic heterocycles. The molecule has 0 atom stereocenters. The number of hydrogen-bond acceptors (Lipinski definition) is 3. The van der Waals surface area contributed by atoms with Crippen molar-refractivity contribution in [3.05, 3.63) is 99.7 Å². The normalized spacial score (nSPS) is 13.9. The predicted octanol–water partition coefficient (Wildman–Crippen LogP) is 5.63. The number of benzene rings is 3. The Kier molecular flexibility index (Phi) is 5.24. The van der Waals surface area contributed by atoms with E-state index in [-0.39, 0.29) is 11.8 Å². The highest BCUT2D eigenvalue weighted by molar-refractivity contribution is 6.46. The second-order valence-electron chi connectivity index (χ2n) is 8.25. The second-order valence-corrected chi connectivity index (χ2v) is 8.25. The van der Waals surface area contributed by atoms with Gasteiger partial charge in [-0.1, -0.05) is 42.0 Å². The Morgan fingerprint density at radius 3 is 1.87 bits per heavy atom. The van der Waals surface area contributed by atoms with E-state index in [0.29, 0.717) is 17.0 Å². The highest BCUT2D eigenvalue weighted by atomic mass is 16.2. The first-order valence-electron chi connectivity index (χ1n) is 10.4. The first kappa shape index (κ1) is 20.6. The van der Waals surface area contributed by atoms with Crippen molar-refractivity contribution in [2.75, 3.05) is 10.2 Å². The average Bonchev–Trinajstić information content (AvgIpc) is 2.97. The van der Waals surface area contributed by atoms with Crippen molar-refractivity contribution in [1.82, 2.24) is 0 Å². The van der Waals surface area contributed by atoms with Crippen molar-refractivity contribution in [2.24, 2.45) is 0 Å². The molecule has 0 spiro atoms. The molecule has 3 aromatic carbocycles. The summed E-state index contributed by atoms with van der Waals surface area (Å²) in [6.07, 6.45) is 0. The molecule has 4 nitrogen and oxygen atoms in total. The molecule has 0 fully saturated rings. The van der Waals surface area contributed by atoms with E-state index in [1.165, 1.54) is 10.5 Å². The molecule has 0 saturated heterocycles. The fourth-order valence-electron chi connectivity index (χ4n) is 3.70. The Balaban J connectivity index is 1.83. The Hall–Kier alpha value is -3.66. The SMILES string of the molecule is Cc1ccc(C2=C(Nc3ccc(C)c(C)c3)C(=O)N(c3ccc(C)c(C)c3)C2=O)cc1. The van der Waals surface area contributed by atoms with E-state index >= 15 is 0 Å². The fourth-order valence-corrected chi connectivity index (χ4v) is 3.70. The third kappa shape index (κ3) is 3.77. The molecule has 4 rings (SSSR count). The topological polar surface area (TPSA) is 49.4 Å². The van der Waals surface area contributed by atoms with Crippen LogP contribution in [0.5, 0.6) is 0 Å². The summed E-state index contributed by atoms with van der Waals surface area (Å²) in [5.41, 5.74) is 8.31. The van der Waals surface area contributed by atoms with Gasteiger partial charge in [0.05, 0.1) is 11.3 Å². The molecule has 0 saturated carbocycles. The number of carbonyl (C=O) groups excluding carboxylic acids is 2. The molecule has 3 aromatic rings. The summed E-state index contributed by atoms with van der Waals surface area (Å²) in [5.74, 6) is -0.662. The van der Waals surface area contributed by atoms with Crippen molar-refractivity contribution < 1.29 is 9.59 Å². The van der Waals surface area contributed by atoms with E-state index in [0.717, 1.165) is 33.5 Å². The lowest BCUT2D eigenvalue weighted by Gasteiger charge is -2.17. The van der Waals surface area contributed by atoms with Gasteiger partial charge in [-0.05, 0) is 86.7 Å². The number of anilines is 2. The Morgan fingerprint density at radius 1 is 0.645 bits per heavy atom. The molecule has 0 aliphatic carbocycles. The number of nitrogens with one attached hydrogen (secondary N) is 1. The van der Waals surface area contributed by atoms with Crippen molar-refractivity contribution in [3.63, 3.8) is 0 Å². The minimum absolute atomic E-state index is 0.301. The molecule has 1 aliphatic rings.